The van der Waals surface area contributed by atoms with Gasteiger partial charge >= 0.3 is 6.03 Å². The molecule has 4 nitrogen and oxygen atoms in total. The van der Waals surface area contributed by atoms with Gasteiger partial charge < -0.3 is 14.6 Å². The summed E-state index contributed by atoms with van der Waals surface area (Å²) in [6.07, 6.45) is 1.59. The highest BCUT2D eigenvalue weighted by atomic mass is 35.5. The molecule has 0 atom stereocenters. The van der Waals surface area contributed by atoms with Gasteiger partial charge in [-0.3, -0.25) is 0 Å². The number of nitrogens with zero attached hydrogens (tertiary/aromatic N) is 1. The molecule has 2 heterocycles. The molecular weight excluding hydrogens is 272 g/mol. The van der Waals surface area contributed by atoms with Crippen LogP contribution in [0.2, 0.25) is 4.34 Å². The fourth-order valence-electron chi connectivity index (χ4n) is 1.45. The number of nitrogens with one attached hydrogen (secondary N) is 1. The minimum Gasteiger partial charge on any atom is -0.467 e. The minimum absolute atomic E-state index is 0.143. The molecule has 0 saturated carbocycles. The number of carbonyl (C=O) groups excluding carboxylic acids is 1. The third kappa shape index (κ3) is 3.51. The fraction of sp³-hybridized carbons (Fsp3) is 0.250. The number of thiophene rings is 1. The number of carbonyl (C=O) groups is 1. The van der Waals surface area contributed by atoms with Crippen molar-refractivity contribution in [1.29, 1.82) is 0 Å². The van der Waals surface area contributed by atoms with Gasteiger partial charge in [0.1, 0.15) is 5.76 Å². The number of halogens is 1. The highest BCUT2D eigenvalue weighted by molar-refractivity contribution is 7.16. The normalized spacial score (nSPS) is 10.3. The first-order chi connectivity index (χ1) is 8.65. The van der Waals surface area contributed by atoms with E-state index in [1.54, 1.807) is 24.3 Å². The summed E-state index contributed by atoms with van der Waals surface area (Å²) in [7, 11) is 1.72. The predicted octanol–water partition coefficient (Wildman–Crippen LogP) is 3.34. The van der Waals surface area contributed by atoms with E-state index in [0.717, 1.165) is 15.0 Å². The van der Waals surface area contributed by atoms with Crippen molar-refractivity contribution in [3.05, 3.63) is 45.5 Å². The van der Waals surface area contributed by atoms with E-state index < -0.39 is 0 Å². The topological polar surface area (TPSA) is 45.5 Å². The van der Waals surface area contributed by atoms with Crippen LogP contribution in [0.5, 0.6) is 0 Å². The molecule has 0 fully saturated rings. The molecule has 18 heavy (non-hydrogen) atoms. The van der Waals surface area contributed by atoms with Gasteiger partial charge in [0.15, 0.2) is 0 Å². The monoisotopic (exact) mass is 284 g/mol. The predicted molar refractivity (Wildman–Crippen MR) is 71.7 cm³/mol. The maximum Gasteiger partial charge on any atom is 0.317 e. The molecule has 0 spiro atoms. The Hall–Kier alpha value is -1.46. The molecule has 0 radical (unpaired) electrons. The lowest BCUT2D eigenvalue weighted by atomic mass is 10.4. The average molecular weight is 285 g/mol. The summed E-state index contributed by atoms with van der Waals surface area (Å²) < 4.78 is 5.91. The third-order valence-electron chi connectivity index (χ3n) is 2.36. The summed E-state index contributed by atoms with van der Waals surface area (Å²) in [5.41, 5.74) is 0. The molecule has 0 bridgehead atoms. The van der Waals surface area contributed by atoms with Crippen LogP contribution in [0, 0.1) is 0 Å². The van der Waals surface area contributed by atoms with Crippen molar-refractivity contribution in [2.45, 2.75) is 13.1 Å². The SMILES string of the molecule is CN(Cc1ccco1)C(=O)NCc1ccc(Cl)s1. The number of hydrogen-bond acceptors (Lipinski definition) is 3. The van der Waals surface area contributed by atoms with Gasteiger partial charge in [-0.25, -0.2) is 4.79 Å². The van der Waals surface area contributed by atoms with Gasteiger partial charge in [0.05, 0.1) is 23.7 Å². The maximum atomic E-state index is 11.8. The van der Waals surface area contributed by atoms with Crippen LogP contribution in [-0.4, -0.2) is 18.0 Å². The number of furan rings is 1. The quantitative estimate of drug-likeness (QED) is 0.936. The molecule has 0 aliphatic rings. The van der Waals surface area contributed by atoms with Crippen LogP contribution >= 0.6 is 22.9 Å². The lowest BCUT2D eigenvalue weighted by molar-refractivity contribution is 0.202. The smallest absolute Gasteiger partial charge is 0.317 e. The van der Waals surface area contributed by atoms with Crippen LogP contribution in [0.3, 0.4) is 0 Å². The van der Waals surface area contributed by atoms with Crippen molar-refractivity contribution < 1.29 is 9.21 Å². The summed E-state index contributed by atoms with van der Waals surface area (Å²) in [6, 6.07) is 7.22. The summed E-state index contributed by atoms with van der Waals surface area (Å²) in [6.45, 7) is 0.933. The molecule has 2 aromatic rings. The van der Waals surface area contributed by atoms with Crippen LogP contribution in [0.1, 0.15) is 10.6 Å². The number of urea groups is 1. The van der Waals surface area contributed by atoms with Gasteiger partial charge in [-0.05, 0) is 24.3 Å². The van der Waals surface area contributed by atoms with Gasteiger partial charge in [0.2, 0.25) is 0 Å². The van der Waals surface area contributed by atoms with E-state index in [0.29, 0.717) is 13.1 Å². The summed E-state index contributed by atoms with van der Waals surface area (Å²) >= 11 is 7.28. The van der Waals surface area contributed by atoms with Crippen molar-refractivity contribution >= 4 is 29.0 Å². The molecule has 96 valence electrons. The second-order valence-corrected chi connectivity index (χ2v) is 5.60. The Balaban J connectivity index is 1.80. The van der Waals surface area contributed by atoms with Crippen molar-refractivity contribution in [2.75, 3.05) is 7.05 Å². The largest absolute Gasteiger partial charge is 0.467 e. The Morgan fingerprint density at radius 2 is 2.33 bits per heavy atom. The van der Waals surface area contributed by atoms with Crippen molar-refractivity contribution in [2.24, 2.45) is 0 Å². The van der Waals surface area contributed by atoms with Gasteiger partial charge in [-0.2, -0.15) is 0 Å². The first kappa shape index (κ1) is 13.0. The Labute approximate surface area is 114 Å². The zero-order valence-electron chi connectivity index (χ0n) is 9.85. The highest BCUT2D eigenvalue weighted by Gasteiger charge is 2.10. The van der Waals surface area contributed by atoms with E-state index >= 15 is 0 Å². The van der Waals surface area contributed by atoms with Crippen molar-refractivity contribution in [3.8, 4) is 0 Å². The molecular formula is C12H13ClN2O2S. The molecule has 1 N–H and O–H groups in total. The van der Waals surface area contributed by atoms with E-state index in [4.69, 9.17) is 16.0 Å². The molecule has 0 saturated heterocycles. The van der Waals surface area contributed by atoms with E-state index in [1.165, 1.54) is 11.3 Å². The lowest BCUT2D eigenvalue weighted by Gasteiger charge is -2.16. The van der Waals surface area contributed by atoms with Crippen molar-refractivity contribution in [3.63, 3.8) is 0 Å². The standard InChI is InChI=1S/C12H13ClN2O2S/c1-15(8-9-3-2-6-17-9)12(16)14-7-10-4-5-11(13)18-10/h2-6H,7-8H2,1H3,(H,14,16). The molecule has 6 heteroatoms. The van der Waals surface area contributed by atoms with Gasteiger partial charge in [0.25, 0.3) is 0 Å². The number of amides is 2. The first-order valence-corrected chi connectivity index (χ1v) is 6.60. The summed E-state index contributed by atoms with van der Waals surface area (Å²) in [4.78, 5) is 14.4. The summed E-state index contributed by atoms with van der Waals surface area (Å²) in [5, 5.41) is 2.82. The maximum absolute atomic E-state index is 11.8. The first-order valence-electron chi connectivity index (χ1n) is 5.40. The lowest BCUT2D eigenvalue weighted by Crippen LogP contribution is -2.36. The Morgan fingerprint density at radius 3 is 2.94 bits per heavy atom. The zero-order valence-corrected chi connectivity index (χ0v) is 11.4. The molecule has 0 aliphatic carbocycles. The Bertz CT molecular complexity index is 510. The third-order valence-corrected chi connectivity index (χ3v) is 3.59. The molecule has 0 aromatic carbocycles. The van der Waals surface area contributed by atoms with Crippen LogP contribution < -0.4 is 5.32 Å². The molecule has 2 rings (SSSR count). The van der Waals surface area contributed by atoms with E-state index in [-0.39, 0.29) is 6.03 Å². The summed E-state index contributed by atoms with van der Waals surface area (Å²) in [5.74, 6) is 0.756. The Morgan fingerprint density at radius 1 is 1.50 bits per heavy atom. The number of rotatable bonds is 4. The van der Waals surface area contributed by atoms with Crippen LogP contribution in [-0.2, 0) is 13.1 Å². The highest BCUT2D eigenvalue weighted by Crippen LogP contribution is 2.21. The van der Waals surface area contributed by atoms with Gasteiger partial charge in [0, 0.05) is 11.9 Å². The molecule has 2 amide bonds. The second-order valence-electron chi connectivity index (χ2n) is 3.80. The molecule has 2 aromatic heterocycles. The van der Waals surface area contributed by atoms with Gasteiger partial charge in [-0.15, -0.1) is 11.3 Å². The van der Waals surface area contributed by atoms with Gasteiger partial charge in [-0.1, -0.05) is 11.6 Å². The Kier molecular flexibility index (Phi) is 4.28. The fourth-order valence-corrected chi connectivity index (χ4v) is 2.48. The van der Waals surface area contributed by atoms with E-state index in [2.05, 4.69) is 5.32 Å². The number of hydrogen-bond donors (Lipinski definition) is 1. The van der Waals surface area contributed by atoms with Crippen LogP contribution in [0.15, 0.2) is 34.9 Å². The molecule has 0 unspecified atom stereocenters. The van der Waals surface area contributed by atoms with Crippen LogP contribution in [0.25, 0.3) is 0 Å². The van der Waals surface area contributed by atoms with Crippen LogP contribution in [0.4, 0.5) is 4.79 Å². The van der Waals surface area contributed by atoms with E-state index in [1.807, 2.05) is 18.2 Å². The second kappa shape index (κ2) is 5.93. The average Bonchev–Trinajstić information content (AvgIpc) is 2.97. The molecule has 0 aliphatic heterocycles. The van der Waals surface area contributed by atoms with Crippen molar-refractivity contribution in [1.82, 2.24) is 10.2 Å². The zero-order chi connectivity index (χ0) is 13.0. The van der Waals surface area contributed by atoms with E-state index in [9.17, 15) is 4.79 Å². The minimum atomic E-state index is -0.143.